The maximum Gasteiger partial charge on any atom is 0.314 e. The summed E-state index contributed by atoms with van der Waals surface area (Å²) in [6.07, 6.45) is 2.06. The number of nitrogens with one attached hydrogen (secondary N) is 4. The first-order valence-electron chi connectivity index (χ1n) is 11.3. The first kappa shape index (κ1) is 29.0. The highest BCUT2D eigenvalue weighted by Crippen LogP contribution is 2.24. The molecule has 0 bridgehead atoms. The molecule has 3 heterocycles. The number of para-hydroxylation sites is 1. The molecule has 1 aliphatic heterocycles. The quantitative estimate of drug-likeness (QED) is 0.314. The molecule has 1 aromatic carbocycles. The van der Waals surface area contributed by atoms with E-state index in [9.17, 15) is 19.2 Å². The Kier molecular flexibility index (Phi) is 10.1. The number of aromatic nitrogens is 2. The summed E-state index contributed by atoms with van der Waals surface area (Å²) in [5.74, 6) is -2.97. The molecular weight excluding hydrogens is 553 g/mol. The van der Waals surface area contributed by atoms with Gasteiger partial charge in [0.1, 0.15) is 11.9 Å². The topological polar surface area (TPSA) is 145 Å². The van der Waals surface area contributed by atoms with E-state index in [1.165, 1.54) is 29.7 Å². The SMILES string of the molecule is CN1CCc2nc(C(=O)NC(CNC(=O)C(=O)Nc3ccc(Cl)cn3)C(=O)Nc3ccccc3)sc2C1.Cl. The van der Waals surface area contributed by atoms with Crippen LogP contribution in [0.4, 0.5) is 11.5 Å². The highest BCUT2D eigenvalue weighted by Gasteiger charge is 2.27. The third kappa shape index (κ3) is 7.71. The van der Waals surface area contributed by atoms with Crippen LogP contribution in [0.2, 0.25) is 5.02 Å². The van der Waals surface area contributed by atoms with Crippen LogP contribution in [0.5, 0.6) is 0 Å². The fourth-order valence-electron chi connectivity index (χ4n) is 3.50. The van der Waals surface area contributed by atoms with Crippen molar-refractivity contribution in [3.8, 4) is 0 Å². The van der Waals surface area contributed by atoms with Crippen LogP contribution in [0.25, 0.3) is 0 Å². The molecule has 4 rings (SSSR count). The van der Waals surface area contributed by atoms with E-state index >= 15 is 0 Å². The minimum atomic E-state index is -1.18. The van der Waals surface area contributed by atoms with Crippen LogP contribution < -0.4 is 21.3 Å². The number of fused-ring (bicyclic) bond motifs is 1. The molecule has 0 saturated heterocycles. The van der Waals surface area contributed by atoms with E-state index in [2.05, 4.69) is 36.1 Å². The third-order valence-electron chi connectivity index (χ3n) is 5.42. The zero-order valence-corrected chi connectivity index (χ0v) is 22.6. The van der Waals surface area contributed by atoms with Gasteiger partial charge in [0.05, 0.1) is 10.7 Å². The maximum absolute atomic E-state index is 13.0. The number of benzene rings is 1. The van der Waals surface area contributed by atoms with Crippen molar-refractivity contribution in [1.82, 2.24) is 25.5 Å². The van der Waals surface area contributed by atoms with Crippen molar-refractivity contribution in [2.75, 3.05) is 30.8 Å². The van der Waals surface area contributed by atoms with E-state index < -0.39 is 29.7 Å². The van der Waals surface area contributed by atoms with E-state index in [1.54, 1.807) is 30.3 Å². The van der Waals surface area contributed by atoms with Gasteiger partial charge in [0.15, 0.2) is 5.01 Å². The Bertz CT molecular complexity index is 1300. The summed E-state index contributed by atoms with van der Waals surface area (Å²) in [7, 11) is 1.99. The van der Waals surface area contributed by atoms with Crippen LogP contribution in [-0.4, -0.2) is 64.7 Å². The van der Waals surface area contributed by atoms with Gasteiger partial charge in [-0.3, -0.25) is 19.2 Å². The number of hydrogen-bond acceptors (Lipinski definition) is 8. The molecule has 4 amide bonds. The molecule has 4 N–H and O–H groups in total. The second-order valence-electron chi connectivity index (χ2n) is 8.28. The lowest BCUT2D eigenvalue weighted by atomic mass is 10.2. The second kappa shape index (κ2) is 13.3. The van der Waals surface area contributed by atoms with Crippen LogP contribution in [-0.2, 0) is 27.3 Å². The molecule has 0 radical (unpaired) electrons. The van der Waals surface area contributed by atoms with Crippen LogP contribution in [0.3, 0.4) is 0 Å². The van der Waals surface area contributed by atoms with Gasteiger partial charge in [-0.15, -0.1) is 23.7 Å². The number of thiazole rings is 1. The number of carbonyl (C=O) groups is 4. The van der Waals surface area contributed by atoms with Crippen LogP contribution in [0, 0.1) is 0 Å². The zero-order valence-electron chi connectivity index (χ0n) is 20.2. The third-order valence-corrected chi connectivity index (χ3v) is 6.73. The summed E-state index contributed by atoms with van der Waals surface area (Å²) >= 11 is 7.04. The van der Waals surface area contributed by atoms with Crippen molar-refractivity contribution in [2.24, 2.45) is 0 Å². The minimum Gasteiger partial charge on any atom is -0.345 e. The van der Waals surface area contributed by atoms with Crippen LogP contribution in [0.15, 0.2) is 48.7 Å². The zero-order chi connectivity index (χ0) is 26.4. The molecule has 0 aliphatic carbocycles. The molecule has 1 unspecified atom stereocenters. The van der Waals surface area contributed by atoms with E-state index in [0.717, 1.165) is 23.5 Å². The molecule has 0 spiro atoms. The van der Waals surface area contributed by atoms with Gasteiger partial charge in [0.25, 0.3) is 5.91 Å². The lowest BCUT2D eigenvalue weighted by molar-refractivity contribution is -0.136. The molecular formula is C24H25Cl2N7O4S. The van der Waals surface area contributed by atoms with Gasteiger partial charge >= 0.3 is 11.8 Å². The van der Waals surface area contributed by atoms with Crippen molar-refractivity contribution in [2.45, 2.75) is 19.0 Å². The number of pyridine rings is 1. The van der Waals surface area contributed by atoms with E-state index in [1.807, 2.05) is 7.05 Å². The summed E-state index contributed by atoms with van der Waals surface area (Å²) in [5, 5.41) is 10.7. The van der Waals surface area contributed by atoms with Gasteiger partial charge in [-0.25, -0.2) is 9.97 Å². The standard InChI is InChI=1S/C24H24ClN7O4S.ClH/c1-32-10-9-16-18(13-32)37-24(30-16)23(36)29-17(20(33)28-15-5-3-2-4-6-15)12-27-21(34)22(35)31-19-8-7-14(25)11-26-19;/h2-8,11,17H,9-10,12-13H2,1H3,(H,27,34)(H,28,33)(H,29,36)(H,26,31,35);1H. The number of rotatable bonds is 7. The monoisotopic (exact) mass is 577 g/mol. The second-order valence-corrected chi connectivity index (χ2v) is 9.80. The molecule has 2 aromatic heterocycles. The number of halogens is 2. The lowest BCUT2D eigenvalue weighted by Gasteiger charge is -2.20. The number of hydrogen-bond donors (Lipinski definition) is 4. The van der Waals surface area contributed by atoms with E-state index in [4.69, 9.17) is 11.6 Å². The smallest absolute Gasteiger partial charge is 0.314 e. The molecule has 11 nitrogen and oxygen atoms in total. The van der Waals surface area contributed by atoms with Crippen molar-refractivity contribution in [3.05, 3.63) is 69.3 Å². The Labute approximate surface area is 233 Å². The molecule has 1 atom stereocenters. The highest BCUT2D eigenvalue weighted by molar-refractivity contribution is 7.13. The first-order chi connectivity index (χ1) is 17.8. The summed E-state index contributed by atoms with van der Waals surface area (Å²) in [5.41, 5.74) is 1.39. The summed E-state index contributed by atoms with van der Waals surface area (Å²) in [4.78, 5) is 62.1. The number of likely N-dealkylation sites (N-methyl/N-ethyl adjacent to an activating group) is 1. The highest BCUT2D eigenvalue weighted by atomic mass is 35.5. The largest absolute Gasteiger partial charge is 0.345 e. The average molecular weight is 578 g/mol. The molecule has 0 fully saturated rings. The summed E-state index contributed by atoms with van der Waals surface area (Å²) in [6, 6.07) is 10.4. The van der Waals surface area contributed by atoms with Gasteiger partial charge < -0.3 is 26.2 Å². The van der Waals surface area contributed by atoms with Crippen molar-refractivity contribution in [3.63, 3.8) is 0 Å². The number of anilines is 2. The molecule has 3 aromatic rings. The van der Waals surface area contributed by atoms with Gasteiger partial charge in [-0.1, -0.05) is 29.8 Å². The Morgan fingerprint density at radius 3 is 2.55 bits per heavy atom. The van der Waals surface area contributed by atoms with Gasteiger partial charge in [0, 0.05) is 42.8 Å². The van der Waals surface area contributed by atoms with Crippen LogP contribution >= 0.6 is 35.3 Å². The summed E-state index contributed by atoms with van der Waals surface area (Å²) in [6.45, 7) is 1.21. The van der Waals surface area contributed by atoms with Crippen molar-refractivity contribution >= 4 is 70.5 Å². The van der Waals surface area contributed by atoms with Gasteiger partial charge in [0.2, 0.25) is 5.91 Å². The van der Waals surface area contributed by atoms with Crippen molar-refractivity contribution < 1.29 is 19.2 Å². The molecule has 200 valence electrons. The van der Waals surface area contributed by atoms with E-state index in [0.29, 0.717) is 17.3 Å². The van der Waals surface area contributed by atoms with Crippen LogP contribution in [0.1, 0.15) is 20.4 Å². The normalized spacial score (nSPS) is 13.3. The predicted molar refractivity (Wildman–Crippen MR) is 147 cm³/mol. The number of amides is 4. The summed E-state index contributed by atoms with van der Waals surface area (Å²) < 4.78 is 0. The van der Waals surface area contributed by atoms with Crippen molar-refractivity contribution in [1.29, 1.82) is 0 Å². The Morgan fingerprint density at radius 2 is 1.84 bits per heavy atom. The Hall–Kier alpha value is -3.58. The molecule has 1 aliphatic rings. The first-order valence-corrected chi connectivity index (χ1v) is 12.5. The molecule has 0 saturated carbocycles. The number of nitrogens with zero attached hydrogens (tertiary/aromatic N) is 3. The lowest BCUT2D eigenvalue weighted by Crippen LogP contribution is -2.52. The Balaban J connectivity index is 0.00000400. The fraction of sp³-hybridized carbons (Fsp3) is 0.250. The van der Waals surface area contributed by atoms with E-state index in [-0.39, 0.29) is 29.8 Å². The average Bonchev–Trinajstić information content (AvgIpc) is 3.31. The maximum atomic E-state index is 13.0. The predicted octanol–water partition coefficient (Wildman–Crippen LogP) is 2.09. The Morgan fingerprint density at radius 1 is 1.08 bits per heavy atom. The number of carbonyl (C=O) groups excluding carboxylic acids is 4. The fourth-order valence-corrected chi connectivity index (χ4v) is 4.70. The molecule has 14 heteroatoms. The van der Waals surface area contributed by atoms with Gasteiger partial charge in [-0.2, -0.15) is 0 Å². The van der Waals surface area contributed by atoms with Gasteiger partial charge in [-0.05, 0) is 31.3 Å². The molecule has 38 heavy (non-hydrogen) atoms. The minimum absolute atomic E-state index is 0.